The third kappa shape index (κ3) is 3.23. The van der Waals surface area contributed by atoms with Gasteiger partial charge >= 0.3 is 0 Å². The van der Waals surface area contributed by atoms with Crippen LogP contribution in [0.4, 0.5) is 20.5 Å². The normalized spacial score (nSPS) is 22.9. The SMILES string of the molecule is CC1c2nnc(N3CC4(CN(c5ccc(F)cn5)C4)C3)n2-c2ccc(Cl)cc2CN1C(=O)C1(F)CC1. The van der Waals surface area contributed by atoms with Crippen LogP contribution in [0.5, 0.6) is 0 Å². The topological polar surface area (TPSA) is 70.4 Å². The van der Waals surface area contributed by atoms with E-state index in [4.69, 9.17) is 11.6 Å². The van der Waals surface area contributed by atoms with Crippen LogP contribution in [0.25, 0.3) is 5.69 Å². The van der Waals surface area contributed by atoms with E-state index in [1.807, 2.05) is 29.7 Å². The van der Waals surface area contributed by atoms with Gasteiger partial charge < -0.3 is 14.7 Å². The third-order valence-electron chi connectivity index (χ3n) is 7.89. The van der Waals surface area contributed by atoms with E-state index in [1.165, 1.54) is 12.3 Å². The zero-order valence-corrected chi connectivity index (χ0v) is 20.4. The average Bonchev–Trinajstić information content (AvgIpc) is 3.44. The molecule has 3 aliphatic heterocycles. The van der Waals surface area contributed by atoms with Crippen molar-refractivity contribution >= 4 is 29.3 Å². The molecule has 1 amide bonds. The molecule has 5 heterocycles. The summed E-state index contributed by atoms with van der Waals surface area (Å²) in [6.07, 6.45) is 1.76. The largest absolute Gasteiger partial charge is 0.355 e. The lowest BCUT2D eigenvalue weighted by molar-refractivity contribution is -0.141. The zero-order valence-electron chi connectivity index (χ0n) is 19.7. The maximum absolute atomic E-state index is 14.8. The van der Waals surface area contributed by atoms with Crippen molar-refractivity contribution < 1.29 is 13.6 Å². The molecule has 0 bridgehead atoms. The van der Waals surface area contributed by atoms with E-state index in [0.717, 1.165) is 43.2 Å². The predicted molar refractivity (Wildman–Crippen MR) is 129 cm³/mol. The summed E-state index contributed by atoms with van der Waals surface area (Å²) < 4.78 is 30.0. The fraction of sp³-hybridized carbons (Fsp3) is 0.440. The van der Waals surface area contributed by atoms with Gasteiger partial charge in [-0.1, -0.05) is 11.6 Å². The van der Waals surface area contributed by atoms with Gasteiger partial charge in [0.15, 0.2) is 11.5 Å². The number of amides is 1. The molecular weight excluding hydrogens is 488 g/mol. The fourth-order valence-corrected chi connectivity index (χ4v) is 5.96. The van der Waals surface area contributed by atoms with E-state index in [-0.39, 0.29) is 30.6 Å². The lowest BCUT2D eigenvalue weighted by Gasteiger charge is -2.60. The molecule has 3 aromatic rings. The van der Waals surface area contributed by atoms with Gasteiger partial charge in [-0.3, -0.25) is 9.36 Å². The molecule has 11 heteroatoms. The van der Waals surface area contributed by atoms with E-state index in [9.17, 15) is 13.6 Å². The molecule has 7 rings (SSSR count). The molecule has 3 fully saturated rings. The summed E-state index contributed by atoms with van der Waals surface area (Å²) in [4.78, 5) is 23.2. The Hall–Kier alpha value is -3.27. The monoisotopic (exact) mass is 511 g/mol. The maximum atomic E-state index is 14.8. The molecular formula is C25H24ClF2N7O. The van der Waals surface area contributed by atoms with E-state index < -0.39 is 17.6 Å². The van der Waals surface area contributed by atoms with Crippen molar-refractivity contribution in [2.45, 2.75) is 38.0 Å². The Balaban J connectivity index is 1.17. The number of halogens is 3. The number of pyridine rings is 1. The summed E-state index contributed by atoms with van der Waals surface area (Å²) in [5, 5.41) is 9.56. The molecule has 8 nitrogen and oxygen atoms in total. The van der Waals surface area contributed by atoms with Crippen LogP contribution < -0.4 is 9.80 Å². The molecule has 4 aliphatic rings. The minimum absolute atomic E-state index is 0.121. The van der Waals surface area contributed by atoms with Crippen LogP contribution in [0.1, 0.15) is 37.2 Å². The first-order valence-electron chi connectivity index (χ1n) is 12.1. The number of rotatable bonds is 3. The average molecular weight is 512 g/mol. The van der Waals surface area contributed by atoms with Crippen molar-refractivity contribution in [3.8, 4) is 5.69 Å². The Kier molecular flexibility index (Phi) is 4.50. The number of alkyl halides is 1. The van der Waals surface area contributed by atoms with Crippen molar-refractivity contribution in [1.29, 1.82) is 0 Å². The van der Waals surface area contributed by atoms with Crippen molar-refractivity contribution in [3.05, 3.63) is 58.8 Å². The van der Waals surface area contributed by atoms with Crippen LogP contribution in [-0.2, 0) is 11.3 Å². The highest BCUT2D eigenvalue weighted by molar-refractivity contribution is 6.30. The second kappa shape index (κ2) is 7.38. The Morgan fingerprint density at radius 1 is 1.08 bits per heavy atom. The molecule has 36 heavy (non-hydrogen) atoms. The number of anilines is 2. The molecule has 1 saturated carbocycles. The van der Waals surface area contributed by atoms with E-state index in [0.29, 0.717) is 16.8 Å². The van der Waals surface area contributed by atoms with Gasteiger partial charge in [0.25, 0.3) is 5.91 Å². The van der Waals surface area contributed by atoms with E-state index in [2.05, 4.69) is 25.0 Å². The first-order chi connectivity index (χ1) is 17.3. The van der Waals surface area contributed by atoms with Crippen molar-refractivity contribution in [3.63, 3.8) is 0 Å². The van der Waals surface area contributed by atoms with Crippen LogP contribution in [0.15, 0.2) is 36.5 Å². The highest BCUT2D eigenvalue weighted by Gasteiger charge is 2.55. The van der Waals surface area contributed by atoms with E-state index >= 15 is 0 Å². The highest BCUT2D eigenvalue weighted by Crippen LogP contribution is 2.47. The molecule has 186 valence electrons. The van der Waals surface area contributed by atoms with Crippen LogP contribution in [0.2, 0.25) is 5.02 Å². The Labute approximate surface area is 211 Å². The van der Waals surface area contributed by atoms with Gasteiger partial charge in [-0.2, -0.15) is 0 Å². The summed E-state index contributed by atoms with van der Waals surface area (Å²) in [5.41, 5.74) is 0.0340. The van der Waals surface area contributed by atoms with Crippen molar-refractivity contribution in [1.82, 2.24) is 24.6 Å². The molecule has 1 spiro atoms. The van der Waals surface area contributed by atoms with Crippen molar-refractivity contribution in [2.75, 3.05) is 36.0 Å². The Morgan fingerprint density at radius 3 is 2.53 bits per heavy atom. The number of hydrogen-bond donors (Lipinski definition) is 0. The molecule has 2 aromatic heterocycles. The molecule has 1 aliphatic carbocycles. The van der Waals surface area contributed by atoms with Crippen molar-refractivity contribution in [2.24, 2.45) is 5.41 Å². The van der Waals surface area contributed by atoms with Crippen LogP contribution in [-0.4, -0.2) is 62.4 Å². The molecule has 2 saturated heterocycles. The maximum Gasteiger partial charge on any atom is 0.261 e. The number of carbonyl (C=O) groups is 1. The quantitative estimate of drug-likeness (QED) is 0.534. The summed E-state index contributed by atoms with van der Waals surface area (Å²) >= 11 is 6.32. The summed E-state index contributed by atoms with van der Waals surface area (Å²) in [5.74, 6) is 1.26. The van der Waals surface area contributed by atoms with Gasteiger partial charge in [-0.25, -0.2) is 13.8 Å². The van der Waals surface area contributed by atoms with Gasteiger partial charge in [0.2, 0.25) is 5.95 Å². The minimum Gasteiger partial charge on any atom is -0.355 e. The number of hydrogen-bond acceptors (Lipinski definition) is 6. The summed E-state index contributed by atoms with van der Waals surface area (Å²) in [7, 11) is 0. The smallest absolute Gasteiger partial charge is 0.261 e. The second-order valence-electron chi connectivity index (χ2n) is 10.6. The Morgan fingerprint density at radius 2 is 1.83 bits per heavy atom. The number of aromatic nitrogens is 4. The van der Waals surface area contributed by atoms with Crippen LogP contribution in [0.3, 0.4) is 0 Å². The second-order valence-corrected chi connectivity index (χ2v) is 11.0. The Bertz CT molecular complexity index is 1380. The zero-order chi connectivity index (χ0) is 24.8. The lowest BCUT2D eigenvalue weighted by atomic mass is 9.73. The van der Waals surface area contributed by atoms with Crippen LogP contribution >= 0.6 is 11.6 Å². The third-order valence-corrected chi connectivity index (χ3v) is 8.13. The number of benzene rings is 1. The first kappa shape index (κ1) is 22.0. The molecule has 1 aromatic carbocycles. The molecule has 0 radical (unpaired) electrons. The van der Waals surface area contributed by atoms with Gasteiger partial charge in [0.1, 0.15) is 11.6 Å². The van der Waals surface area contributed by atoms with Gasteiger partial charge in [0.05, 0.1) is 17.9 Å². The van der Waals surface area contributed by atoms with E-state index in [1.54, 1.807) is 11.0 Å². The number of carbonyl (C=O) groups excluding carboxylic acids is 1. The molecule has 1 unspecified atom stereocenters. The predicted octanol–water partition coefficient (Wildman–Crippen LogP) is 3.69. The number of nitrogens with zero attached hydrogens (tertiary/aromatic N) is 7. The van der Waals surface area contributed by atoms with Crippen LogP contribution in [0, 0.1) is 11.2 Å². The molecule has 0 N–H and O–H groups in total. The summed E-state index contributed by atoms with van der Waals surface area (Å²) in [6, 6.07) is 8.24. The minimum atomic E-state index is -1.77. The fourth-order valence-electron chi connectivity index (χ4n) is 5.77. The number of fused-ring (bicyclic) bond motifs is 3. The standard InChI is InChI=1S/C25H24ClF2N7O/c1-15-21-30-31-23(33-13-24(14-33)11-32(12-24)20-5-3-18(27)9-29-20)35(21)19-4-2-17(26)8-16(19)10-34(15)22(36)25(28)6-7-25/h2-5,8-9,15H,6-7,10-14H2,1H3. The van der Waals surface area contributed by atoms with Gasteiger partial charge in [0, 0.05) is 43.2 Å². The first-order valence-corrected chi connectivity index (χ1v) is 12.5. The highest BCUT2D eigenvalue weighted by atomic mass is 35.5. The lowest BCUT2D eigenvalue weighted by Crippen LogP contribution is -2.73. The van der Waals surface area contributed by atoms with Gasteiger partial charge in [-0.15, -0.1) is 10.2 Å². The molecule has 1 atom stereocenters. The summed E-state index contributed by atoms with van der Waals surface area (Å²) in [6.45, 7) is 5.42. The van der Waals surface area contributed by atoms with Gasteiger partial charge in [-0.05, 0) is 55.7 Å².